The Morgan fingerprint density at radius 1 is 0.933 bits per heavy atom. The smallest absolute Gasteiger partial charge is 0.314 e. The number of aryl methyl sites for hydroxylation is 1. The lowest BCUT2D eigenvalue weighted by atomic mass is 10.0. The second-order valence-electron chi connectivity index (χ2n) is 6.57. The number of fused-ring (bicyclic) bond motifs is 1. The summed E-state index contributed by atoms with van der Waals surface area (Å²) in [6.45, 7) is 1.86. The third kappa shape index (κ3) is 3.83. The number of hydrogen-bond donors (Lipinski definition) is 3. The average molecular weight is 446 g/mol. The zero-order valence-electron chi connectivity index (χ0n) is 15.5. The van der Waals surface area contributed by atoms with Crippen LogP contribution >= 0.6 is 23.5 Å². The summed E-state index contributed by atoms with van der Waals surface area (Å²) in [5, 5.41) is 0.196. The third-order valence-electron chi connectivity index (χ3n) is 4.50. The van der Waals surface area contributed by atoms with Crippen LogP contribution in [0.25, 0.3) is 22.2 Å². The van der Waals surface area contributed by atoms with E-state index in [2.05, 4.69) is 14.7 Å². The van der Waals surface area contributed by atoms with Gasteiger partial charge in [0.05, 0.1) is 21.6 Å². The van der Waals surface area contributed by atoms with Crippen LogP contribution in [-0.4, -0.2) is 9.97 Å². The van der Waals surface area contributed by atoms with Gasteiger partial charge < -0.3 is 14.7 Å². The van der Waals surface area contributed by atoms with Crippen LogP contribution < -0.4 is 15.8 Å². The zero-order valence-corrected chi connectivity index (χ0v) is 17.0. The van der Waals surface area contributed by atoms with E-state index < -0.39 is 22.8 Å². The van der Waals surface area contributed by atoms with Crippen molar-refractivity contribution >= 4 is 40.3 Å². The predicted molar refractivity (Wildman–Crippen MR) is 116 cm³/mol. The van der Waals surface area contributed by atoms with E-state index in [1.165, 1.54) is 30.1 Å². The molecule has 0 bridgehead atoms. The molecule has 1 aromatic heterocycles. The molecular formula is C21H14ClF2N3O2S. The minimum Gasteiger partial charge on any atom is -0.326 e. The van der Waals surface area contributed by atoms with Crippen LogP contribution in [0.5, 0.6) is 0 Å². The van der Waals surface area contributed by atoms with E-state index in [9.17, 15) is 18.4 Å². The molecule has 0 fully saturated rings. The van der Waals surface area contributed by atoms with Gasteiger partial charge >= 0.3 is 11.1 Å². The van der Waals surface area contributed by atoms with Gasteiger partial charge in [0.25, 0.3) is 0 Å². The van der Waals surface area contributed by atoms with Crippen molar-refractivity contribution in [1.82, 2.24) is 9.97 Å². The molecule has 5 nitrogen and oxygen atoms in total. The van der Waals surface area contributed by atoms with E-state index in [4.69, 9.17) is 11.6 Å². The maximum atomic E-state index is 14.0. The van der Waals surface area contributed by atoms with Gasteiger partial charge in [-0.1, -0.05) is 23.7 Å². The highest BCUT2D eigenvalue weighted by Gasteiger charge is 2.14. The van der Waals surface area contributed by atoms with Crippen molar-refractivity contribution in [3.05, 3.63) is 91.5 Å². The Bertz CT molecular complexity index is 1380. The second kappa shape index (κ2) is 7.97. The Labute approximate surface area is 178 Å². The Morgan fingerprint density at radius 3 is 2.20 bits per heavy atom. The molecule has 0 amide bonds. The predicted octanol–water partition coefficient (Wildman–Crippen LogP) is 5.24. The lowest BCUT2D eigenvalue weighted by Gasteiger charge is -2.12. The lowest BCUT2D eigenvalue weighted by Crippen LogP contribution is -2.28. The van der Waals surface area contributed by atoms with Gasteiger partial charge in [-0.2, -0.15) is 0 Å². The Hall–Kier alpha value is -3.10. The van der Waals surface area contributed by atoms with Crippen LogP contribution in [-0.2, 0) is 0 Å². The molecule has 4 aromatic rings. The third-order valence-corrected chi connectivity index (χ3v) is 5.81. The van der Waals surface area contributed by atoms with Gasteiger partial charge in [-0.3, -0.25) is 9.59 Å². The van der Waals surface area contributed by atoms with Crippen molar-refractivity contribution in [3.63, 3.8) is 0 Å². The number of anilines is 1. The minimum absolute atomic E-state index is 0.176. The van der Waals surface area contributed by atoms with Crippen molar-refractivity contribution < 1.29 is 8.78 Å². The molecule has 0 aliphatic rings. The number of nitrogens with one attached hydrogen (secondary N) is 3. The molecule has 0 spiro atoms. The molecule has 9 heteroatoms. The summed E-state index contributed by atoms with van der Waals surface area (Å²) in [6.07, 6.45) is 0. The van der Waals surface area contributed by atoms with Crippen LogP contribution in [0.4, 0.5) is 14.5 Å². The standard InChI is InChI=1S/C21H14ClF2N3O2S/c1-10-7-16-17(26-21(29)20(28)25-16)9-18(10)30-27-11-5-6-12(13(22)8-11)19-14(23)3-2-4-15(19)24/h2-9,27H,1H3,(H,25,28)(H,26,29). The second-order valence-corrected chi connectivity index (χ2v) is 7.82. The fourth-order valence-electron chi connectivity index (χ4n) is 3.01. The SMILES string of the molecule is Cc1cc2[nH]c(=O)c(=O)[nH]c2cc1SNc1ccc(-c2c(F)cccc2F)c(Cl)c1. The first-order valence-corrected chi connectivity index (χ1v) is 9.96. The monoisotopic (exact) mass is 445 g/mol. The van der Waals surface area contributed by atoms with Gasteiger partial charge in [-0.25, -0.2) is 8.78 Å². The number of rotatable bonds is 4. The van der Waals surface area contributed by atoms with Crippen LogP contribution in [0, 0.1) is 18.6 Å². The molecule has 0 unspecified atom stereocenters. The molecule has 30 heavy (non-hydrogen) atoms. The number of benzene rings is 3. The first-order chi connectivity index (χ1) is 14.3. The molecule has 0 atom stereocenters. The van der Waals surface area contributed by atoms with Gasteiger partial charge in [0.15, 0.2) is 0 Å². The topological polar surface area (TPSA) is 77.8 Å². The van der Waals surface area contributed by atoms with E-state index in [0.29, 0.717) is 16.7 Å². The first kappa shape index (κ1) is 20.2. The number of aromatic amines is 2. The highest BCUT2D eigenvalue weighted by Crippen LogP contribution is 2.35. The summed E-state index contributed by atoms with van der Waals surface area (Å²) in [5.74, 6) is -1.38. The zero-order chi connectivity index (χ0) is 21.4. The van der Waals surface area contributed by atoms with E-state index in [1.54, 1.807) is 30.3 Å². The largest absolute Gasteiger partial charge is 0.326 e. The van der Waals surface area contributed by atoms with Gasteiger partial charge in [0, 0.05) is 16.1 Å². The molecule has 3 aromatic carbocycles. The molecule has 0 aliphatic heterocycles. The first-order valence-electron chi connectivity index (χ1n) is 8.77. The molecule has 0 aliphatic carbocycles. The fraction of sp³-hybridized carbons (Fsp3) is 0.0476. The molecule has 0 saturated heterocycles. The van der Waals surface area contributed by atoms with Gasteiger partial charge in [-0.15, -0.1) is 0 Å². The van der Waals surface area contributed by atoms with Crippen molar-refractivity contribution in [3.8, 4) is 11.1 Å². The van der Waals surface area contributed by atoms with E-state index in [0.717, 1.165) is 10.5 Å². The maximum absolute atomic E-state index is 14.0. The molecule has 0 saturated carbocycles. The van der Waals surface area contributed by atoms with Gasteiger partial charge in [-0.05, 0) is 60.8 Å². The number of aromatic nitrogens is 2. The number of halogens is 3. The van der Waals surface area contributed by atoms with Crippen molar-refractivity contribution in [2.24, 2.45) is 0 Å². The highest BCUT2D eigenvalue weighted by molar-refractivity contribution is 8.00. The average Bonchev–Trinajstić information content (AvgIpc) is 2.69. The summed E-state index contributed by atoms with van der Waals surface area (Å²) in [5.41, 5.74) is 1.17. The Kier molecular flexibility index (Phi) is 5.36. The van der Waals surface area contributed by atoms with E-state index in [1.807, 2.05) is 6.92 Å². The van der Waals surface area contributed by atoms with Crippen LogP contribution in [0.15, 0.2) is 63.0 Å². The summed E-state index contributed by atoms with van der Waals surface area (Å²) < 4.78 is 31.2. The quantitative estimate of drug-likeness (QED) is 0.296. The van der Waals surface area contributed by atoms with Crippen molar-refractivity contribution in [1.29, 1.82) is 0 Å². The summed E-state index contributed by atoms with van der Waals surface area (Å²) >= 11 is 7.55. The summed E-state index contributed by atoms with van der Waals surface area (Å²) in [7, 11) is 0. The molecule has 4 rings (SSSR count). The van der Waals surface area contributed by atoms with Crippen LogP contribution in [0.3, 0.4) is 0 Å². The molecule has 3 N–H and O–H groups in total. The van der Waals surface area contributed by atoms with Gasteiger partial charge in [0.1, 0.15) is 11.6 Å². The summed E-state index contributed by atoms with van der Waals surface area (Å²) in [6, 6.07) is 11.9. The van der Waals surface area contributed by atoms with Crippen molar-refractivity contribution in [2.75, 3.05) is 4.72 Å². The molecule has 1 heterocycles. The van der Waals surface area contributed by atoms with Crippen LogP contribution in [0.2, 0.25) is 5.02 Å². The Balaban J connectivity index is 1.61. The minimum atomic E-state index is -0.724. The van der Waals surface area contributed by atoms with Crippen molar-refractivity contribution in [2.45, 2.75) is 11.8 Å². The maximum Gasteiger partial charge on any atom is 0.314 e. The number of H-pyrrole nitrogens is 2. The molecule has 152 valence electrons. The Morgan fingerprint density at radius 2 is 1.57 bits per heavy atom. The normalized spacial score (nSPS) is 11.1. The summed E-state index contributed by atoms with van der Waals surface area (Å²) in [4.78, 5) is 28.9. The number of hydrogen-bond acceptors (Lipinski definition) is 4. The van der Waals surface area contributed by atoms with E-state index >= 15 is 0 Å². The van der Waals surface area contributed by atoms with Gasteiger partial charge in [0.2, 0.25) is 0 Å². The molecular weight excluding hydrogens is 432 g/mol. The molecule has 0 radical (unpaired) electrons. The fourth-order valence-corrected chi connectivity index (χ4v) is 4.04. The highest BCUT2D eigenvalue weighted by atomic mass is 35.5. The van der Waals surface area contributed by atoms with E-state index in [-0.39, 0.29) is 16.1 Å². The lowest BCUT2D eigenvalue weighted by molar-refractivity contribution is 0.589. The van der Waals surface area contributed by atoms with Crippen LogP contribution in [0.1, 0.15) is 5.56 Å².